The molecule has 0 fully saturated rings. The molecule has 0 saturated heterocycles. The van der Waals surface area contributed by atoms with Crippen LogP contribution in [0.4, 0.5) is 14.5 Å². The Bertz CT molecular complexity index is 550. The maximum absolute atomic E-state index is 14.0. The first-order valence-corrected chi connectivity index (χ1v) is 6.76. The Hall–Kier alpha value is -1.90. The Morgan fingerprint density at radius 2 is 1.70 bits per heavy atom. The van der Waals surface area contributed by atoms with Gasteiger partial charge in [0.15, 0.2) is 0 Å². The monoisotopic (exact) mass is 275 g/mol. The maximum atomic E-state index is 14.0. The molecule has 2 aromatic rings. The zero-order valence-corrected chi connectivity index (χ0v) is 11.7. The number of benzene rings is 2. The largest absolute Gasteiger partial charge is 0.379 e. The maximum Gasteiger partial charge on any atom is 0.290 e. The van der Waals surface area contributed by atoms with Crippen LogP contribution in [0.25, 0.3) is 0 Å². The molecule has 0 radical (unpaired) electrons. The Kier molecular flexibility index (Phi) is 4.38. The van der Waals surface area contributed by atoms with E-state index in [1.807, 2.05) is 24.3 Å². The summed E-state index contributed by atoms with van der Waals surface area (Å²) in [4.78, 5) is 0. The van der Waals surface area contributed by atoms with Crippen molar-refractivity contribution >= 4 is 5.69 Å². The van der Waals surface area contributed by atoms with Crippen molar-refractivity contribution in [1.29, 1.82) is 0 Å². The fraction of sp³-hybridized carbons (Fsp3) is 0.294. The summed E-state index contributed by atoms with van der Waals surface area (Å²) in [6.45, 7) is 3.76. The molecule has 2 aromatic carbocycles. The number of hydrogen-bond donors (Lipinski definition) is 1. The van der Waals surface area contributed by atoms with Gasteiger partial charge in [0.05, 0.1) is 6.54 Å². The first-order valence-electron chi connectivity index (χ1n) is 6.76. The van der Waals surface area contributed by atoms with Gasteiger partial charge in [-0.2, -0.15) is 8.78 Å². The molecule has 0 heterocycles. The first-order chi connectivity index (χ1) is 9.49. The fourth-order valence-electron chi connectivity index (χ4n) is 2.00. The number of hydrogen-bond acceptors (Lipinski definition) is 1. The van der Waals surface area contributed by atoms with Gasteiger partial charge in [-0.1, -0.05) is 56.3 Å². The Labute approximate surface area is 118 Å². The molecule has 0 aliphatic heterocycles. The number of alkyl halides is 2. The number of halogens is 2. The van der Waals surface area contributed by atoms with Crippen LogP contribution in [0, 0.1) is 0 Å². The highest BCUT2D eigenvalue weighted by Gasteiger charge is 2.30. The van der Waals surface area contributed by atoms with E-state index in [1.54, 1.807) is 18.2 Å². The second-order valence-corrected chi connectivity index (χ2v) is 5.20. The summed E-state index contributed by atoms with van der Waals surface area (Å²) < 4.78 is 28.1. The van der Waals surface area contributed by atoms with Gasteiger partial charge in [-0.15, -0.1) is 0 Å². The number of nitrogens with one attached hydrogen (secondary N) is 1. The molecular weight excluding hydrogens is 256 g/mol. The minimum atomic E-state index is -2.88. The van der Waals surface area contributed by atoms with Gasteiger partial charge in [-0.3, -0.25) is 0 Å². The van der Waals surface area contributed by atoms with Gasteiger partial charge >= 0.3 is 0 Å². The van der Waals surface area contributed by atoms with Crippen LogP contribution >= 0.6 is 0 Å². The van der Waals surface area contributed by atoms with E-state index in [2.05, 4.69) is 19.2 Å². The highest BCUT2D eigenvalue weighted by atomic mass is 19.3. The van der Waals surface area contributed by atoms with Crippen molar-refractivity contribution in [3.8, 4) is 0 Å². The molecule has 0 atom stereocenters. The molecule has 1 nitrogen and oxygen atoms in total. The molecule has 0 aliphatic carbocycles. The molecule has 0 aliphatic rings. The second-order valence-electron chi connectivity index (χ2n) is 5.20. The summed E-state index contributed by atoms with van der Waals surface area (Å²) in [5.41, 5.74) is 1.90. The lowest BCUT2D eigenvalue weighted by Crippen LogP contribution is -2.24. The minimum Gasteiger partial charge on any atom is -0.379 e. The van der Waals surface area contributed by atoms with E-state index in [9.17, 15) is 8.78 Å². The van der Waals surface area contributed by atoms with Crippen LogP contribution in [0.15, 0.2) is 54.6 Å². The first kappa shape index (κ1) is 14.5. The Morgan fingerprint density at radius 1 is 1.00 bits per heavy atom. The zero-order chi connectivity index (χ0) is 14.6. The van der Waals surface area contributed by atoms with E-state index in [0.29, 0.717) is 5.92 Å². The van der Waals surface area contributed by atoms with Gasteiger partial charge in [0.2, 0.25) is 0 Å². The summed E-state index contributed by atoms with van der Waals surface area (Å²) in [5, 5.41) is 2.83. The van der Waals surface area contributed by atoms with Crippen molar-refractivity contribution in [2.45, 2.75) is 25.7 Å². The van der Waals surface area contributed by atoms with Crippen LogP contribution in [0.1, 0.15) is 30.9 Å². The summed E-state index contributed by atoms with van der Waals surface area (Å²) in [6.07, 6.45) is 0. The molecule has 0 saturated carbocycles. The Morgan fingerprint density at radius 3 is 2.35 bits per heavy atom. The van der Waals surface area contributed by atoms with Crippen molar-refractivity contribution in [3.05, 3.63) is 65.7 Å². The zero-order valence-electron chi connectivity index (χ0n) is 11.7. The van der Waals surface area contributed by atoms with Crippen molar-refractivity contribution in [1.82, 2.24) is 0 Å². The van der Waals surface area contributed by atoms with Crippen LogP contribution in [-0.4, -0.2) is 6.54 Å². The molecule has 20 heavy (non-hydrogen) atoms. The summed E-state index contributed by atoms with van der Waals surface area (Å²) in [6, 6.07) is 15.5. The highest BCUT2D eigenvalue weighted by Crippen LogP contribution is 2.28. The summed E-state index contributed by atoms with van der Waals surface area (Å²) in [5.74, 6) is -2.50. The van der Waals surface area contributed by atoms with Crippen molar-refractivity contribution in [3.63, 3.8) is 0 Å². The standard InChI is InChI=1S/C17H19F2N/c1-13(2)14-7-6-10-16(11-14)20-12-17(18,19)15-8-4-3-5-9-15/h3-11,13,20H,12H2,1-2H3. The van der Waals surface area contributed by atoms with Gasteiger partial charge < -0.3 is 5.32 Å². The average molecular weight is 275 g/mol. The van der Waals surface area contributed by atoms with Crippen LogP contribution in [0.5, 0.6) is 0 Å². The molecule has 106 valence electrons. The molecule has 0 bridgehead atoms. The van der Waals surface area contributed by atoms with Crippen molar-refractivity contribution in [2.24, 2.45) is 0 Å². The number of anilines is 1. The lowest BCUT2D eigenvalue weighted by Gasteiger charge is -2.18. The van der Waals surface area contributed by atoms with E-state index < -0.39 is 12.5 Å². The third kappa shape index (κ3) is 3.56. The van der Waals surface area contributed by atoms with Crippen LogP contribution in [0.2, 0.25) is 0 Å². The average Bonchev–Trinajstić information content (AvgIpc) is 2.46. The minimum absolute atomic E-state index is 0.0347. The van der Waals surface area contributed by atoms with E-state index in [1.165, 1.54) is 12.1 Å². The predicted octanol–water partition coefficient (Wildman–Crippen LogP) is 5.01. The third-order valence-corrected chi connectivity index (χ3v) is 3.26. The smallest absolute Gasteiger partial charge is 0.290 e. The Balaban J connectivity index is 2.06. The fourth-order valence-corrected chi connectivity index (χ4v) is 2.00. The van der Waals surface area contributed by atoms with Crippen LogP contribution in [-0.2, 0) is 5.92 Å². The third-order valence-electron chi connectivity index (χ3n) is 3.26. The van der Waals surface area contributed by atoms with E-state index >= 15 is 0 Å². The lowest BCUT2D eigenvalue weighted by molar-refractivity contribution is 0.0106. The highest BCUT2D eigenvalue weighted by molar-refractivity contribution is 5.47. The lowest BCUT2D eigenvalue weighted by atomic mass is 10.0. The molecule has 3 heteroatoms. The predicted molar refractivity (Wildman–Crippen MR) is 79.4 cm³/mol. The van der Waals surface area contributed by atoms with Crippen LogP contribution < -0.4 is 5.32 Å². The molecule has 0 aromatic heterocycles. The quantitative estimate of drug-likeness (QED) is 0.808. The van der Waals surface area contributed by atoms with Gasteiger partial charge in [-0.25, -0.2) is 0 Å². The normalized spacial score (nSPS) is 11.7. The van der Waals surface area contributed by atoms with E-state index in [0.717, 1.165) is 11.3 Å². The van der Waals surface area contributed by atoms with Crippen LogP contribution in [0.3, 0.4) is 0 Å². The molecule has 0 unspecified atom stereocenters. The van der Waals surface area contributed by atoms with Crippen molar-refractivity contribution in [2.75, 3.05) is 11.9 Å². The molecule has 0 amide bonds. The van der Waals surface area contributed by atoms with E-state index in [4.69, 9.17) is 0 Å². The van der Waals surface area contributed by atoms with Gasteiger partial charge in [-0.05, 0) is 23.6 Å². The molecule has 2 rings (SSSR count). The van der Waals surface area contributed by atoms with Gasteiger partial charge in [0.25, 0.3) is 5.92 Å². The SMILES string of the molecule is CC(C)c1cccc(NCC(F)(F)c2ccccc2)c1. The number of rotatable bonds is 5. The van der Waals surface area contributed by atoms with Gasteiger partial charge in [0.1, 0.15) is 0 Å². The molecule has 1 N–H and O–H groups in total. The second kappa shape index (κ2) is 6.04. The summed E-state index contributed by atoms with van der Waals surface area (Å²) >= 11 is 0. The molecule has 0 spiro atoms. The van der Waals surface area contributed by atoms with Gasteiger partial charge in [0, 0.05) is 11.3 Å². The summed E-state index contributed by atoms with van der Waals surface area (Å²) in [7, 11) is 0. The van der Waals surface area contributed by atoms with E-state index in [-0.39, 0.29) is 5.56 Å². The van der Waals surface area contributed by atoms with Crippen molar-refractivity contribution < 1.29 is 8.78 Å². The molecular formula is C17H19F2N. The topological polar surface area (TPSA) is 12.0 Å².